The lowest BCUT2D eigenvalue weighted by molar-refractivity contribution is -0.0972. The highest BCUT2D eigenvalue weighted by Gasteiger charge is 2.41. The van der Waals surface area contributed by atoms with Crippen molar-refractivity contribution in [2.45, 2.75) is 141 Å². The molecule has 0 aromatic rings. The predicted molar refractivity (Wildman–Crippen MR) is 122 cm³/mol. The molecule has 0 aromatic heterocycles. The summed E-state index contributed by atoms with van der Waals surface area (Å²) < 4.78 is 6.16. The Hall–Kier alpha value is -0.0400. The number of methoxy groups -OCH3 is 1. The molecule has 3 rings (SSSR count). The van der Waals surface area contributed by atoms with E-state index in [1.165, 1.54) is 103 Å². The average molecular weight is 391 g/mol. The Morgan fingerprint density at radius 2 is 1.18 bits per heavy atom. The van der Waals surface area contributed by atoms with Crippen LogP contribution >= 0.6 is 0 Å². The first-order valence-corrected chi connectivity index (χ1v) is 13.3. The highest BCUT2D eigenvalue weighted by molar-refractivity contribution is 4.93. The summed E-state index contributed by atoms with van der Waals surface area (Å²) in [6, 6.07) is 0. The summed E-state index contributed by atoms with van der Waals surface area (Å²) in [6.07, 6.45) is 29.3. The highest BCUT2D eigenvalue weighted by atomic mass is 16.5. The molecule has 0 atom stereocenters. The number of ether oxygens (including phenoxy) is 1. The molecule has 3 aliphatic carbocycles. The minimum atomic E-state index is 0.263. The van der Waals surface area contributed by atoms with Gasteiger partial charge in [-0.25, -0.2) is 0 Å². The lowest BCUT2D eigenvalue weighted by Gasteiger charge is -2.45. The van der Waals surface area contributed by atoms with E-state index in [1.54, 1.807) is 25.7 Å². The van der Waals surface area contributed by atoms with Crippen LogP contribution in [-0.4, -0.2) is 12.7 Å². The second-order valence-electron chi connectivity index (χ2n) is 10.9. The minimum absolute atomic E-state index is 0.263. The molecule has 0 aromatic carbocycles. The molecule has 0 unspecified atom stereocenters. The molecular formula is C27H50O. The van der Waals surface area contributed by atoms with E-state index in [0.717, 1.165) is 23.7 Å². The fraction of sp³-hybridized carbons (Fsp3) is 1.00. The van der Waals surface area contributed by atoms with E-state index in [9.17, 15) is 0 Å². The van der Waals surface area contributed by atoms with Gasteiger partial charge in [-0.05, 0) is 49.4 Å². The van der Waals surface area contributed by atoms with Gasteiger partial charge in [0.2, 0.25) is 0 Å². The van der Waals surface area contributed by atoms with Crippen molar-refractivity contribution in [3.8, 4) is 0 Å². The van der Waals surface area contributed by atoms with Crippen molar-refractivity contribution in [3.05, 3.63) is 0 Å². The summed E-state index contributed by atoms with van der Waals surface area (Å²) in [5, 5.41) is 0. The van der Waals surface area contributed by atoms with Gasteiger partial charge in [-0.2, -0.15) is 0 Å². The van der Waals surface area contributed by atoms with Gasteiger partial charge in [0, 0.05) is 7.11 Å². The quantitative estimate of drug-likeness (QED) is 0.339. The molecule has 3 fully saturated rings. The first-order valence-electron chi connectivity index (χ1n) is 13.3. The largest absolute Gasteiger partial charge is 0.378 e. The zero-order valence-electron chi connectivity index (χ0n) is 19.4. The van der Waals surface area contributed by atoms with Gasteiger partial charge >= 0.3 is 0 Å². The molecule has 0 N–H and O–H groups in total. The summed E-state index contributed by atoms with van der Waals surface area (Å²) >= 11 is 0. The van der Waals surface area contributed by atoms with Gasteiger partial charge < -0.3 is 4.74 Å². The van der Waals surface area contributed by atoms with Crippen LogP contribution in [0.5, 0.6) is 0 Å². The van der Waals surface area contributed by atoms with E-state index in [-0.39, 0.29) is 5.60 Å². The fourth-order valence-corrected chi connectivity index (χ4v) is 7.05. The van der Waals surface area contributed by atoms with E-state index in [4.69, 9.17) is 4.74 Å². The van der Waals surface area contributed by atoms with Crippen LogP contribution in [0.1, 0.15) is 135 Å². The first kappa shape index (κ1) is 22.6. The topological polar surface area (TPSA) is 9.23 Å². The molecule has 3 aliphatic rings. The van der Waals surface area contributed by atoms with E-state index < -0.39 is 0 Å². The maximum absolute atomic E-state index is 6.16. The molecule has 0 saturated heterocycles. The molecule has 0 spiro atoms. The second kappa shape index (κ2) is 12.0. The maximum atomic E-state index is 6.16. The van der Waals surface area contributed by atoms with Crippen LogP contribution in [0.25, 0.3) is 0 Å². The van der Waals surface area contributed by atoms with E-state index in [0.29, 0.717) is 0 Å². The van der Waals surface area contributed by atoms with Crippen molar-refractivity contribution in [1.82, 2.24) is 0 Å². The van der Waals surface area contributed by atoms with Gasteiger partial charge in [0.1, 0.15) is 0 Å². The Bertz CT molecular complexity index is 394. The SMILES string of the molecule is CCCCCCC1CCC(CCC2CCC(C3(OC)CCCCC3)CC2)CC1. The third kappa shape index (κ3) is 6.48. The van der Waals surface area contributed by atoms with Crippen molar-refractivity contribution < 1.29 is 4.74 Å². The molecule has 1 nitrogen and oxygen atoms in total. The molecule has 1 heteroatoms. The van der Waals surface area contributed by atoms with Gasteiger partial charge in [-0.15, -0.1) is 0 Å². The van der Waals surface area contributed by atoms with E-state index >= 15 is 0 Å². The zero-order valence-corrected chi connectivity index (χ0v) is 19.4. The third-order valence-corrected chi connectivity index (χ3v) is 9.11. The summed E-state index contributed by atoms with van der Waals surface area (Å²) in [4.78, 5) is 0. The van der Waals surface area contributed by atoms with Crippen LogP contribution in [0.15, 0.2) is 0 Å². The average Bonchev–Trinajstić information content (AvgIpc) is 2.77. The number of hydrogen-bond acceptors (Lipinski definition) is 1. The van der Waals surface area contributed by atoms with Gasteiger partial charge in [-0.3, -0.25) is 0 Å². The van der Waals surface area contributed by atoms with Crippen LogP contribution in [-0.2, 0) is 4.74 Å². The molecule has 0 heterocycles. The Morgan fingerprint density at radius 1 is 0.643 bits per heavy atom. The summed E-state index contributed by atoms with van der Waals surface area (Å²) in [5.74, 6) is 4.02. The third-order valence-electron chi connectivity index (χ3n) is 9.11. The number of rotatable bonds is 10. The second-order valence-corrected chi connectivity index (χ2v) is 10.9. The van der Waals surface area contributed by atoms with Crippen LogP contribution in [0.4, 0.5) is 0 Å². The Balaban J connectivity index is 1.29. The van der Waals surface area contributed by atoms with Crippen molar-refractivity contribution in [1.29, 1.82) is 0 Å². The lowest BCUT2D eigenvalue weighted by atomic mass is 9.67. The molecule has 0 bridgehead atoms. The number of hydrogen-bond donors (Lipinski definition) is 0. The van der Waals surface area contributed by atoms with Crippen LogP contribution < -0.4 is 0 Å². The Morgan fingerprint density at radius 3 is 1.71 bits per heavy atom. The van der Waals surface area contributed by atoms with Crippen molar-refractivity contribution in [3.63, 3.8) is 0 Å². The fourth-order valence-electron chi connectivity index (χ4n) is 7.05. The predicted octanol–water partition coefficient (Wildman–Crippen LogP) is 8.70. The van der Waals surface area contributed by atoms with Gasteiger partial charge in [-0.1, -0.05) is 110 Å². The van der Waals surface area contributed by atoms with Gasteiger partial charge in [0.15, 0.2) is 0 Å². The monoisotopic (exact) mass is 390 g/mol. The standard InChI is InChI=1S/C27H50O/c1-3-4-5-7-10-23-11-13-24(14-12-23)15-16-25-17-19-26(20-18-25)27(28-2)21-8-6-9-22-27/h23-26H,3-22H2,1-2H3. The molecular weight excluding hydrogens is 340 g/mol. The van der Waals surface area contributed by atoms with Crippen LogP contribution in [0.2, 0.25) is 0 Å². The van der Waals surface area contributed by atoms with Crippen LogP contribution in [0, 0.1) is 23.7 Å². The maximum Gasteiger partial charge on any atom is 0.0706 e. The zero-order chi connectivity index (χ0) is 19.7. The van der Waals surface area contributed by atoms with Crippen molar-refractivity contribution >= 4 is 0 Å². The van der Waals surface area contributed by atoms with E-state index in [2.05, 4.69) is 6.92 Å². The number of unbranched alkanes of at least 4 members (excludes halogenated alkanes) is 3. The Labute approximate surface area is 176 Å². The molecule has 0 amide bonds. The highest BCUT2D eigenvalue weighted by Crippen LogP contribution is 2.46. The van der Waals surface area contributed by atoms with Gasteiger partial charge in [0.25, 0.3) is 0 Å². The summed E-state index contributed by atoms with van der Waals surface area (Å²) in [6.45, 7) is 2.32. The molecule has 0 radical (unpaired) electrons. The normalized spacial score (nSPS) is 33.6. The lowest BCUT2D eigenvalue weighted by Crippen LogP contribution is -2.43. The summed E-state index contributed by atoms with van der Waals surface area (Å²) in [7, 11) is 2.00. The van der Waals surface area contributed by atoms with Crippen molar-refractivity contribution in [2.75, 3.05) is 7.11 Å². The van der Waals surface area contributed by atoms with Crippen LogP contribution in [0.3, 0.4) is 0 Å². The minimum Gasteiger partial charge on any atom is -0.378 e. The smallest absolute Gasteiger partial charge is 0.0706 e. The summed E-state index contributed by atoms with van der Waals surface area (Å²) in [5.41, 5.74) is 0.263. The van der Waals surface area contributed by atoms with Gasteiger partial charge in [0.05, 0.1) is 5.60 Å². The first-order chi connectivity index (χ1) is 13.8. The molecule has 3 saturated carbocycles. The van der Waals surface area contributed by atoms with Crippen molar-refractivity contribution in [2.24, 2.45) is 23.7 Å². The molecule has 28 heavy (non-hydrogen) atoms. The molecule has 164 valence electrons. The Kier molecular flexibility index (Phi) is 9.68. The molecule has 0 aliphatic heterocycles. The van der Waals surface area contributed by atoms with E-state index in [1.807, 2.05) is 7.11 Å².